The van der Waals surface area contributed by atoms with Gasteiger partial charge in [-0.05, 0) is 36.5 Å². The molecule has 0 saturated carbocycles. The molecule has 1 N–H and O–H groups in total. The Hall–Kier alpha value is -1.31. The molecular formula is C13H18O2. The Morgan fingerprint density at radius 1 is 1.27 bits per heavy atom. The zero-order valence-electron chi connectivity index (χ0n) is 9.74. The van der Waals surface area contributed by atoms with Gasteiger partial charge in [0.2, 0.25) is 0 Å². The van der Waals surface area contributed by atoms with Gasteiger partial charge < -0.3 is 5.11 Å². The van der Waals surface area contributed by atoms with Crippen LogP contribution in [0, 0.1) is 19.8 Å². The van der Waals surface area contributed by atoms with E-state index in [1.54, 1.807) is 0 Å². The second kappa shape index (κ2) is 4.47. The van der Waals surface area contributed by atoms with E-state index >= 15 is 0 Å². The van der Waals surface area contributed by atoms with Crippen LogP contribution in [0.1, 0.15) is 36.5 Å². The minimum atomic E-state index is -0.737. The monoisotopic (exact) mass is 206 g/mol. The van der Waals surface area contributed by atoms with E-state index < -0.39 is 11.9 Å². The summed E-state index contributed by atoms with van der Waals surface area (Å²) in [6.07, 6.45) is 0. The fourth-order valence-electron chi connectivity index (χ4n) is 1.89. The molecular weight excluding hydrogens is 188 g/mol. The SMILES string of the molecule is Cc1cccc([C@H](C(=O)O)C(C)C)c1C. The highest BCUT2D eigenvalue weighted by Gasteiger charge is 2.25. The first-order chi connectivity index (χ1) is 6.95. The van der Waals surface area contributed by atoms with Crippen LogP contribution in [0.15, 0.2) is 18.2 Å². The average molecular weight is 206 g/mol. The zero-order valence-corrected chi connectivity index (χ0v) is 9.74. The van der Waals surface area contributed by atoms with Crippen LogP contribution in [-0.4, -0.2) is 11.1 Å². The van der Waals surface area contributed by atoms with Crippen LogP contribution < -0.4 is 0 Å². The van der Waals surface area contributed by atoms with Crippen molar-refractivity contribution < 1.29 is 9.90 Å². The van der Waals surface area contributed by atoms with E-state index in [4.69, 9.17) is 0 Å². The number of aryl methyl sites for hydroxylation is 1. The average Bonchev–Trinajstić information content (AvgIpc) is 2.11. The van der Waals surface area contributed by atoms with Gasteiger partial charge >= 0.3 is 5.97 Å². The molecule has 1 rings (SSSR count). The maximum Gasteiger partial charge on any atom is 0.311 e. The first kappa shape index (κ1) is 11.8. The first-order valence-corrected chi connectivity index (χ1v) is 5.24. The molecule has 0 fully saturated rings. The Morgan fingerprint density at radius 3 is 2.33 bits per heavy atom. The van der Waals surface area contributed by atoms with Gasteiger partial charge in [0.05, 0.1) is 5.92 Å². The van der Waals surface area contributed by atoms with E-state index in [-0.39, 0.29) is 5.92 Å². The van der Waals surface area contributed by atoms with Crippen molar-refractivity contribution >= 4 is 5.97 Å². The summed E-state index contributed by atoms with van der Waals surface area (Å²) < 4.78 is 0. The molecule has 1 atom stereocenters. The molecule has 2 nitrogen and oxygen atoms in total. The fourth-order valence-corrected chi connectivity index (χ4v) is 1.89. The predicted octanol–water partition coefficient (Wildman–Crippen LogP) is 3.13. The van der Waals surface area contributed by atoms with E-state index in [1.807, 2.05) is 45.9 Å². The van der Waals surface area contributed by atoms with Gasteiger partial charge in [-0.25, -0.2) is 0 Å². The molecule has 0 aliphatic carbocycles. The highest BCUT2D eigenvalue weighted by Crippen LogP contribution is 2.28. The summed E-state index contributed by atoms with van der Waals surface area (Å²) in [5.41, 5.74) is 3.19. The Balaban J connectivity index is 3.23. The molecule has 2 heteroatoms. The number of aliphatic carboxylic acids is 1. The second-order valence-electron chi connectivity index (χ2n) is 4.35. The lowest BCUT2D eigenvalue weighted by Gasteiger charge is -2.19. The number of benzene rings is 1. The molecule has 0 aliphatic rings. The summed E-state index contributed by atoms with van der Waals surface area (Å²) in [6, 6.07) is 5.86. The number of carboxylic acids is 1. The molecule has 15 heavy (non-hydrogen) atoms. The molecule has 0 spiro atoms. The normalized spacial score (nSPS) is 12.9. The topological polar surface area (TPSA) is 37.3 Å². The predicted molar refractivity (Wildman–Crippen MR) is 61.1 cm³/mol. The lowest BCUT2D eigenvalue weighted by molar-refractivity contribution is -0.139. The molecule has 0 radical (unpaired) electrons. The Bertz CT molecular complexity index is 367. The second-order valence-corrected chi connectivity index (χ2v) is 4.35. The minimum absolute atomic E-state index is 0.114. The third kappa shape index (κ3) is 2.38. The Morgan fingerprint density at radius 2 is 1.87 bits per heavy atom. The van der Waals surface area contributed by atoms with Gasteiger partial charge in [0, 0.05) is 0 Å². The van der Waals surface area contributed by atoms with Crippen LogP contribution in [0.3, 0.4) is 0 Å². The third-order valence-electron chi connectivity index (χ3n) is 2.91. The summed E-state index contributed by atoms with van der Waals surface area (Å²) in [7, 11) is 0. The molecule has 0 amide bonds. The quantitative estimate of drug-likeness (QED) is 0.825. The molecule has 0 aromatic heterocycles. The number of carbonyl (C=O) groups is 1. The van der Waals surface area contributed by atoms with Crippen LogP contribution in [0.5, 0.6) is 0 Å². The van der Waals surface area contributed by atoms with E-state index in [0.717, 1.165) is 16.7 Å². The van der Waals surface area contributed by atoms with Crippen LogP contribution >= 0.6 is 0 Å². The van der Waals surface area contributed by atoms with Gasteiger partial charge in [0.25, 0.3) is 0 Å². The van der Waals surface area contributed by atoms with Crippen molar-refractivity contribution in [1.82, 2.24) is 0 Å². The van der Waals surface area contributed by atoms with Crippen molar-refractivity contribution in [3.63, 3.8) is 0 Å². The lowest BCUT2D eigenvalue weighted by atomic mass is 9.85. The van der Waals surface area contributed by atoms with Crippen molar-refractivity contribution in [1.29, 1.82) is 0 Å². The van der Waals surface area contributed by atoms with E-state index in [9.17, 15) is 9.90 Å². The van der Waals surface area contributed by atoms with Crippen molar-refractivity contribution in [3.05, 3.63) is 34.9 Å². The molecule has 82 valence electrons. The Labute approximate surface area is 90.9 Å². The van der Waals surface area contributed by atoms with Crippen LogP contribution in [0.4, 0.5) is 0 Å². The van der Waals surface area contributed by atoms with Crippen molar-refractivity contribution in [2.75, 3.05) is 0 Å². The molecule has 1 aromatic carbocycles. The summed E-state index contributed by atoms with van der Waals surface area (Å²) in [5, 5.41) is 9.21. The maximum absolute atomic E-state index is 11.2. The van der Waals surface area contributed by atoms with E-state index in [2.05, 4.69) is 0 Å². The van der Waals surface area contributed by atoms with Gasteiger partial charge in [-0.1, -0.05) is 32.0 Å². The van der Waals surface area contributed by atoms with Gasteiger partial charge in [0.1, 0.15) is 0 Å². The summed E-state index contributed by atoms with van der Waals surface area (Å²) in [5.74, 6) is -1.02. The molecule has 0 bridgehead atoms. The number of hydrogen-bond acceptors (Lipinski definition) is 1. The highest BCUT2D eigenvalue weighted by molar-refractivity contribution is 5.77. The van der Waals surface area contributed by atoms with Crippen LogP contribution in [0.2, 0.25) is 0 Å². The summed E-state index contributed by atoms with van der Waals surface area (Å²) in [6.45, 7) is 7.89. The van der Waals surface area contributed by atoms with E-state index in [0.29, 0.717) is 0 Å². The molecule has 1 aromatic rings. The number of carboxylic acid groups (broad SMARTS) is 1. The van der Waals surface area contributed by atoms with Crippen molar-refractivity contribution in [2.45, 2.75) is 33.6 Å². The smallest absolute Gasteiger partial charge is 0.311 e. The Kier molecular flexibility index (Phi) is 3.51. The summed E-state index contributed by atoms with van der Waals surface area (Å²) >= 11 is 0. The first-order valence-electron chi connectivity index (χ1n) is 5.24. The minimum Gasteiger partial charge on any atom is -0.481 e. The molecule has 0 saturated heterocycles. The van der Waals surface area contributed by atoms with E-state index in [1.165, 1.54) is 0 Å². The molecule has 0 aliphatic heterocycles. The highest BCUT2D eigenvalue weighted by atomic mass is 16.4. The van der Waals surface area contributed by atoms with Crippen molar-refractivity contribution in [2.24, 2.45) is 5.92 Å². The largest absolute Gasteiger partial charge is 0.481 e. The zero-order chi connectivity index (χ0) is 11.6. The lowest BCUT2D eigenvalue weighted by Crippen LogP contribution is -2.18. The van der Waals surface area contributed by atoms with Gasteiger partial charge in [-0.15, -0.1) is 0 Å². The standard InChI is InChI=1S/C13H18O2/c1-8(2)12(13(14)15)11-7-5-6-9(3)10(11)4/h5-8,12H,1-4H3,(H,14,15)/t12-/m1/s1. The van der Waals surface area contributed by atoms with Gasteiger partial charge in [0.15, 0.2) is 0 Å². The van der Waals surface area contributed by atoms with Crippen molar-refractivity contribution in [3.8, 4) is 0 Å². The van der Waals surface area contributed by atoms with Crippen LogP contribution in [-0.2, 0) is 4.79 Å². The summed E-state index contributed by atoms with van der Waals surface area (Å²) in [4.78, 5) is 11.2. The van der Waals surface area contributed by atoms with Gasteiger partial charge in [-0.2, -0.15) is 0 Å². The fraction of sp³-hybridized carbons (Fsp3) is 0.462. The van der Waals surface area contributed by atoms with Crippen LogP contribution in [0.25, 0.3) is 0 Å². The molecule has 0 unspecified atom stereocenters. The van der Waals surface area contributed by atoms with Gasteiger partial charge in [-0.3, -0.25) is 4.79 Å². The maximum atomic E-state index is 11.2. The molecule has 0 heterocycles. The number of hydrogen-bond donors (Lipinski definition) is 1. The number of rotatable bonds is 3. The third-order valence-corrected chi connectivity index (χ3v) is 2.91.